The zero-order chi connectivity index (χ0) is 13.5. The van der Waals surface area contributed by atoms with Crippen molar-refractivity contribution in [1.29, 1.82) is 0 Å². The van der Waals surface area contributed by atoms with E-state index in [0.29, 0.717) is 25.3 Å². The quantitative estimate of drug-likeness (QED) is 0.563. The second-order valence-corrected chi connectivity index (χ2v) is 5.48. The zero-order valence-electron chi connectivity index (χ0n) is 11.6. The molecule has 0 saturated carbocycles. The molecule has 0 aliphatic rings. The van der Waals surface area contributed by atoms with Crippen molar-refractivity contribution in [3.63, 3.8) is 0 Å². The van der Waals surface area contributed by atoms with E-state index in [2.05, 4.69) is 19.2 Å². The molecule has 0 radical (unpaired) electrons. The van der Waals surface area contributed by atoms with Crippen molar-refractivity contribution < 1.29 is 9.90 Å². The molecule has 0 aromatic rings. The minimum absolute atomic E-state index is 0.0702. The van der Waals surface area contributed by atoms with E-state index in [-0.39, 0.29) is 18.4 Å². The molecule has 17 heavy (non-hydrogen) atoms. The van der Waals surface area contributed by atoms with Gasteiger partial charge in [-0.3, -0.25) is 4.79 Å². The number of hydrogen-bond acceptors (Lipinski definition) is 3. The fourth-order valence-electron chi connectivity index (χ4n) is 1.66. The molecule has 0 aromatic heterocycles. The Kier molecular flexibility index (Phi) is 7.39. The first-order valence-corrected chi connectivity index (χ1v) is 6.52. The lowest BCUT2D eigenvalue weighted by Gasteiger charge is -2.32. The van der Waals surface area contributed by atoms with Gasteiger partial charge in [0.05, 0.1) is 5.54 Å². The van der Waals surface area contributed by atoms with E-state index in [0.717, 1.165) is 6.42 Å². The van der Waals surface area contributed by atoms with Crippen LogP contribution in [0.2, 0.25) is 0 Å². The lowest BCUT2D eigenvalue weighted by Crippen LogP contribution is -2.58. The Morgan fingerprint density at radius 1 is 1.29 bits per heavy atom. The smallest absolute Gasteiger partial charge is 0.240 e. The van der Waals surface area contributed by atoms with Gasteiger partial charge in [-0.05, 0) is 31.1 Å². The summed E-state index contributed by atoms with van der Waals surface area (Å²) in [6.45, 7) is 8.85. The van der Waals surface area contributed by atoms with E-state index in [1.807, 2.05) is 13.8 Å². The summed E-state index contributed by atoms with van der Waals surface area (Å²) in [5.41, 5.74) is 5.40. The summed E-state index contributed by atoms with van der Waals surface area (Å²) >= 11 is 0. The van der Waals surface area contributed by atoms with Crippen LogP contribution in [-0.4, -0.2) is 29.7 Å². The topological polar surface area (TPSA) is 75.4 Å². The number of carbonyl (C=O) groups is 1. The lowest BCUT2D eigenvalue weighted by molar-refractivity contribution is -0.128. The summed E-state index contributed by atoms with van der Waals surface area (Å²) in [6.07, 6.45) is 2.10. The van der Waals surface area contributed by atoms with Crippen molar-refractivity contribution >= 4 is 5.91 Å². The zero-order valence-corrected chi connectivity index (χ0v) is 11.6. The van der Waals surface area contributed by atoms with Gasteiger partial charge in [0.1, 0.15) is 0 Å². The summed E-state index contributed by atoms with van der Waals surface area (Å²) in [5, 5.41) is 11.7. The van der Waals surface area contributed by atoms with Crippen LogP contribution in [0.1, 0.15) is 47.0 Å². The number of hydrogen-bond donors (Lipinski definition) is 3. The normalized spacial score (nSPS) is 15.1. The van der Waals surface area contributed by atoms with Crippen molar-refractivity contribution in [3.05, 3.63) is 0 Å². The average Bonchev–Trinajstić information content (AvgIpc) is 2.25. The van der Waals surface area contributed by atoms with Gasteiger partial charge in [-0.1, -0.05) is 27.7 Å². The van der Waals surface area contributed by atoms with Crippen LogP contribution in [-0.2, 0) is 4.79 Å². The Labute approximate surface area is 105 Å². The predicted octanol–water partition coefficient (Wildman–Crippen LogP) is 1.27. The fraction of sp³-hybridized carbons (Fsp3) is 0.923. The Bertz CT molecular complexity index is 229. The molecule has 0 aliphatic carbocycles. The van der Waals surface area contributed by atoms with Gasteiger partial charge in [0.25, 0.3) is 0 Å². The van der Waals surface area contributed by atoms with Gasteiger partial charge in [-0.2, -0.15) is 0 Å². The lowest BCUT2D eigenvalue weighted by atomic mass is 9.82. The van der Waals surface area contributed by atoms with Crippen LogP contribution in [0, 0.1) is 11.8 Å². The number of amides is 1. The number of aliphatic hydroxyl groups excluding tert-OH is 1. The fourth-order valence-corrected chi connectivity index (χ4v) is 1.66. The van der Waals surface area contributed by atoms with E-state index >= 15 is 0 Å². The Balaban J connectivity index is 4.41. The number of aliphatic hydroxyl groups is 1. The summed E-state index contributed by atoms with van der Waals surface area (Å²) in [6, 6.07) is 0. The number of rotatable bonds is 8. The van der Waals surface area contributed by atoms with Gasteiger partial charge in [0, 0.05) is 13.2 Å². The van der Waals surface area contributed by atoms with Crippen LogP contribution in [0.5, 0.6) is 0 Å². The van der Waals surface area contributed by atoms with E-state index in [4.69, 9.17) is 10.8 Å². The molecule has 4 nitrogen and oxygen atoms in total. The van der Waals surface area contributed by atoms with Crippen molar-refractivity contribution in [2.75, 3.05) is 13.2 Å². The third-order valence-electron chi connectivity index (χ3n) is 3.12. The van der Waals surface area contributed by atoms with Gasteiger partial charge in [-0.25, -0.2) is 0 Å². The number of unbranched alkanes of at least 4 members (excludes halogenated alkanes) is 1. The summed E-state index contributed by atoms with van der Waals surface area (Å²) in [7, 11) is 0. The van der Waals surface area contributed by atoms with Gasteiger partial charge < -0.3 is 16.2 Å². The van der Waals surface area contributed by atoms with Crippen molar-refractivity contribution in [1.82, 2.24) is 5.32 Å². The highest BCUT2D eigenvalue weighted by molar-refractivity contribution is 5.86. The largest absolute Gasteiger partial charge is 0.396 e. The molecule has 0 rings (SSSR count). The molecule has 0 bridgehead atoms. The summed E-state index contributed by atoms with van der Waals surface area (Å²) < 4.78 is 0. The molecule has 0 fully saturated rings. The molecule has 0 aromatic carbocycles. The van der Waals surface area contributed by atoms with Gasteiger partial charge in [0.15, 0.2) is 0 Å². The van der Waals surface area contributed by atoms with Gasteiger partial charge in [-0.15, -0.1) is 0 Å². The third kappa shape index (κ3) is 5.50. The molecule has 4 heteroatoms. The predicted molar refractivity (Wildman–Crippen MR) is 70.5 cm³/mol. The van der Waals surface area contributed by atoms with Crippen LogP contribution in [0.4, 0.5) is 0 Å². The maximum atomic E-state index is 12.1. The molecular formula is C13H28N2O2. The molecular weight excluding hydrogens is 216 g/mol. The highest BCUT2D eigenvalue weighted by Crippen LogP contribution is 2.21. The maximum Gasteiger partial charge on any atom is 0.240 e. The minimum atomic E-state index is -0.815. The molecule has 0 aliphatic heterocycles. The van der Waals surface area contributed by atoms with E-state index in [9.17, 15) is 4.79 Å². The van der Waals surface area contributed by atoms with Crippen LogP contribution < -0.4 is 11.1 Å². The second-order valence-electron chi connectivity index (χ2n) is 5.48. The monoisotopic (exact) mass is 244 g/mol. The molecule has 1 amide bonds. The first kappa shape index (κ1) is 16.4. The van der Waals surface area contributed by atoms with E-state index < -0.39 is 5.54 Å². The van der Waals surface area contributed by atoms with Crippen LogP contribution in [0.15, 0.2) is 0 Å². The van der Waals surface area contributed by atoms with E-state index in [1.165, 1.54) is 0 Å². The first-order valence-electron chi connectivity index (χ1n) is 6.52. The van der Waals surface area contributed by atoms with Crippen molar-refractivity contribution in [2.24, 2.45) is 17.6 Å². The highest BCUT2D eigenvalue weighted by Gasteiger charge is 2.36. The number of carbonyl (C=O) groups excluding carboxylic acids is 1. The van der Waals surface area contributed by atoms with Crippen LogP contribution in [0.3, 0.4) is 0 Å². The molecule has 0 saturated heterocycles. The third-order valence-corrected chi connectivity index (χ3v) is 3.12. The molecule has 1 unspecified atom stereocenters. The highest BCUT2D eigenvalue weighted by atomic mass is 16.2. The first-order chi connectivity index (χ1) is 7.84. The number of nitrogens with two attached hydrogens (primary N) is 1. The van der Waals surface area contributed by atoms with Crippen LogP contribution in [0.25, 0.3) is 0 Å². The number of nitrogens with one attached hydrogen (secondary N) is 1. The molecule has 0 heterocycles. The second kappa shape index (κ2) is 7.67. The Hall–Kier alpha value is -0.610. The SMILES string of the molecule is CC(C)CNC(=O)C(N)(CCCCO)C(C)C. The summed E-state index contributed by atoms with van der Waals surface area (Å²) in [4.78, 5) is 12.1. The molecule has 102 valence electrons. The van der Waals surface area contributed by atoms with Gasteiger partial charge >= 0.3 is 0 Å². The van der Waals surface area contributed by atoms with Gasteiger partial charge in [0.2, 0.25) is 5.91 Å². The molecule has 0 spiro atoms. The minimum Gasteiger partial charge on any atom is -0.396 e. The van der Waals surface area contributed by atoms with Crippen molar-refractivity contribution in [3.8, 4) is 0 Å². The Morgan fingerprint density at radius 3 is 2.29 bits per heavy atom. The molecule has 4 N–H and O–H groups in total. The molecule has 1 atom stereocenters. The summed E-state index contributed by atoms with van der Waals surface area (Å²) in [5.74, 6) is 0.445. The van der Waals surface area contributed by atoms with E-state index in [1.54, 1.807) is 0 Å². The Morgan fingerprint density at radius 2 is 1.88 bits per heavy atom. The van der Waals surface area contributed by atoms with Crippen LogP contribution >= 0.6 is 0 Å². The average molecular weight is 244 g/mol. The maximum absolute atomic E-state index is 12.1. The standard InChI is InChI=1S/C13H28N2O2/c1-10(2)9-15-12(17)13(14,11(3)4)7-5-6-8-16/h10-11,16H,5-9,14H2,1-4H3,(H,15,17). The van der Waals surface area contributed by atoms with Crippen molar-refractivity contribution in [2.45, 2.75) is 52.5 Å².